The number of hydrogen-bond donors (Lipinski definition) is 2. The molecule has 0 spiro atoms. The van der Waals surface area contributed by atoms with Gasteiger partial charge in [0.2, 0.25) is 11.8 Å². The molecule has 4 saturated heterocycles. The summed E-state index contributed by atoms with van der Waals surface area (Å²) in [5.74, 6) is -1.31. The highest BCUT2D eigenvalue weighted by molar-refractivity contribution is 6.33. The van der Waals surface area contributed by atoms with E-state index in [0.29, 0.717) is 62.7 Å². The number of aromatic nitrogens is 3. The van der Waals surface area contributed by atoms with E-state index in [2.05, 4.69) is 32.1 Å². The van der Waals surface area contributed by atoms with Crippen molar-refractivity contribution in [1.82, 2.24) is 34.1 Å². The first-order chi connectivity index (χ1) is 25.9. The van der Waals surface area contributed by atoms with Crippen LogP contribution < -0.4 is 11.0 Å². The van der Waals surface area contributed by atoms with E-state index in [1.807, 2.05) is 24.3 Å². The minimum atomic E-state index is -4.67. The van der Waals surface area contributed by atoms with E-state index in [1.54, 1.807) is 20.6 Å². The van der Waals surface area contributed by atoms with Crippen LogP contribution in [-0.2, 0) is 22.2 Å². The van der Waals surface area contributed by atoms with E-state index in [0.717, 1.165) is 48.4 Å². The summed E-state index contributed by atoms with van der Waals surface area (Å²) >= 11 is 6.35. The van der Waals surface area contributed by atoms with Crippen molar-refractivity contribution in [3.8, 4) is 0 Å². The number of fused-ring (bicyclic) bond motifs is 5. The Bertz CT molecular complexity index is 2120. The van der Waals surface area contributed by atoms with Gasteiger partial charge in [-0.25, -0.2) is 4.79 Å². The number of aromatic amines is 1. The van der Waals surface area contributed by atoms with Gasteiger partial charge >= 0.3 is 11.9 Å². The second kappa shape index (κ2) is 14.5. The Labute approximate surface area is 316 Å². The Hall–Kier alpha value is -4.14. The standard InChI is InChI=1S/C39H46ClF3N8O3/c1-44-36-30(39(41,42)43)16-23(17-31(36)40)15-24(37(53)49-13-7-25(8-14-49)50-22-27-19-28(50)21-47(27)2)18-34(52)48-11-9-26(10-12-48)51-33-20-45-32-6-4-3-5-29(32)35(33)46-38(51)54/h3-6,16-17,20,24-28,44H,7-15,18-19,21-22H2,1-2H3,(H,46,54). The molecule has 15 heteroatoms. The average Bonchev–Trinajstić information content (AvgIpc) is 3.85. The summed E-state index contributed by atoms with van der Waals surface area (Å²) in [4.78, 5) is 57.6. The van der Waals surface area contributed by atoms with E-state index in [1.165, 1.54) is 19.5 Å². The van der Waals surface area contributed by atoms with Crippen molar-refractivity contribution in [1.29, 1.82) is 0 Å². The van der Waals surface area contributed by atoms with Crippen LogP contribution in [0.1, 0.15) is 55.7 Å². The lowest BCUT2D eigenvalue weighted by Crippen LogP contribution is -2.54. The number of hydrogen-bond acceptors (Lipinski definition) is 7. The number of rotatable bonds is 8. The minimum Gasteiger partial charge on any atom is -0.386 e. The number of H-pyrrole nitrogens is 1. The lowest BCUT2D eigenvalue weighted by Gasteiger charge is -2.42. The second-order valence-electron chi connectivity index (χ2n) is 15.5. The molecule has 54 heavy (non-hydrogen) atoms. The fourth-order valence-corrected chi connectivity index (χ4v) is 9.94. The number of piperazine rings is 1. The number of imidazole rings is 1. The average molecular weight is 767 g/mol. The summed E-state index contributed by atoms with van der Waals surface area (Å²) in [6.07, 6.45) is 0.739. The monoisotopic (exact) mass is 766 g/mol. The number of amides is 2. The lowest BCUT2D eigenvalue weighted by atomic mass is 9.91. The number of likely N-dealkylation sites (N-methyl/N-ethyl adjacent to an activating group) is 1. The Morgan fingerprint density at radius 1 is 0.981 bits per heavy atom. The van der Waals surface area contributed by atoms with Gasteiger partial charge in [-0.2, -0.15) is 13.2 Å². The summed E-state index contributed by atoms with van der Waals surface area (Å²) in [5.41, 5.74) is 1.12. The molecule has 4 aromatic rings. The van der Waals surface area contributed by atoms with Gasteiger partial charge in [0, 0.05) is 82.3 Å². The van der Waals surface area contributed by atoms with Crippen LogP contribution in [0.2, 0.25) is 5.02 Å². The highest BCUT2D eigenvalue weighted by atomic mass is 35.5. The maximum absolute atomic E-state index is 14.3. The van der Waals surface area contributed by atoms with Gasteiger partial charge in [0.15, 0.2) is 0 Å². The Morgan fingerprint density at radius 2 is 1.69 bits per heavy atom. The zero-order valence-electron chi connectivity index (χ0n) is 30.5. The van der Waals surface area contributed by atoms with Gasteiger partial charge in [0.25, 0.3) is 0 Å². The van der Waals surface area contributed by atoms with E-state index >= 15 is 0 Å². The highest BCUT2D eigenvalue weighted by Gasteiger charge is 2.45. The Morgan fingerprint density at radius 3 is 2.35 bits per heavy atom. The van der Waals surface area contributed by atoms with Crippen LogP contribution in [0, 0.1) is 5.92 Å². The van der Waals surface area contributed by atoms with Crippen molar-refractivity contribution in [3.63, 3.8) is 0 Å². The number of para-hydroxylation sites is 1. The summed E-state index contributed by atoms with van der Waals surface area (Å²) in [6, 6.07) is 11.5. The molecule has 2 bridgehead atoms. The fraction of sp³-hybridized carbons (Fsp3) is 0.538. The predicted molar refractivity (Wildman–Crippen MR) is 202 cm³/mol. The van der Waals surface area contributed by atoms with Crippen molar-refractivity contribution >= 4 is 51.0 Å². The van der Waals surface area contributed by atoms with Crippen molar-refractivity contribution in [3.05, 3.63) is 69.2 Å². The minimum absolute atomic E-state index is 0.0539. The smallest absolute Gasteiger partial charge is 0.386 e. The van der Waals surface area contributed by atoms with Crippen LogP contribution in [0.25, 0.3) is 21.9 Å². The number of piperidine rings is 2. The summed E-state index contributed by atoms with van der Waals surface area (Å²) < 4.78 is 44.1. The summed E-state index contributed by atoms with van der Waals surface area (Å²) in [6.45, 7) is 3.95. The van der Waals surface area contributed by atoms with Crippen molar-refractivity contribution in [2.45, 2.75) is 75.3 Å². The summed E-state index contributed by atoms with van der Waals surface area (Å²) in [5, 5.41) is 3.32. The van der Waals surface area contributed by atoms with Gasteiger partial charge in [0.1, 0.15) is 0 Å². The SMILES string of the molecule is CNc1c(Cl)cc(CC(CC(=O)N2CCC(n3c(=O)[nH]c4c5ccccc5ncc43)CC2)C(=O)N2CCC(N3CC4CC3CN4C)CC2)cc1C(F)(F)F. The van der Waals surface area contributed by atoms with Crippen molar-refractivity contribution in [2.75, 3.05) is 58.7 Å². The van der Waals surface area contributed by atoms with Crippen LogP contribution in [0.3, 0.4) is 0 Å². The van der Waals surface area contributed by atoms with Crippen molar-refractivity contribution < 1.29 is 22.8 Å². The molecule has 3 atom stereocenters. The molecule has 2 aromatic carbocycles. The first kappa shape index (κ1) is 36.8. The summed E-state index contributed by atoms with van der Waals surface area (Å²) in [7, 11) is 3.56. The number of pyridine rings is 1. The maximum Gasteiger partial charge on any atom is 0.418 e. The van der Waals surface area contributed by atoms with Gasteiger partial charge in [-0.3, -0.25) is 24.0 Å². The first-order valence-electron chi connectivity index (χ1n) is 19.0. The van der Waals surface area contributed by atoms with E-state index in [4.69, 9.17) is 11.6 Å². The number of carbonyl (C=O) groups is 2. The molecule has 0 radical (unpaired) electrons. The molecule has 6 heterocycles. The molecule has 3 unspecified atom stereocenters. The van der Waals surface area contributed by atoms with Crippen LogP contribution in [0.4, 0.5) is 18.9 Å². The van der Waals surface area contributed by atoms with Crippen LogP contribution in [0.5, 0.6) is 0 Å². The van der Waals surface area contributed by atoms with Crippen molar-refractivity contribution in [2.24, 2.45) is 5.92 Å². The third-order valence-electron chi connectivity index (χ3n) is 12.4. The molecule has 2 amide bonds. The predicted octanol–water partition coefficient (Wildman–Crippen LogP) is 5.38. The number of nitrogens with zero attached hydrogens (tertiary/aromatic N) is 6. The number of halogens is 4. The highest BCUT2D eigenvalue weighted by Crippen LogP contribution is 2.40. The number of benzene rings is 2. The van der Waals surface area contributed by atoms with Gasteiger partial charge in [-0.15, -0.1) is 0 Å². The molecule has 4 fully saturated rings. The molecule has 4 aliphatic rings. The van der Waals surface area contributed by atoms with Gasteiger partial charge < -0.3 is 25.0 Å². The third-order valence-corrected chi connectivity index (χ3v) is 12.7. The number of carbonyl (C=O) groups excluding carboxylic acids is 2. The van der Waals surface area contributed by atoms with E-state index < -0.39 is 17.7 Å². The normalized spacial score (nSPS) is 22.5. The number of likely N-dealkylation sites (tertiary alicyclic amines) is 4. The molecular weight excluding hydrogens is 721 g/mol. The molecule has 0 saturated carbocycles. The molecule has 11 nitrogen and oxygen atoms in total. The van der Waals surface area contributed by atoms with Crippen LogP contribution in [0.15, 0.2) is 47.4 Å². The zero-order valence-corrected chi connectivity index (χ0v) is 31.3. The van der Waals surface area contributed by atoms with Gasteiger partial charge in [-0.05, 0) is 69.3 Å². The lowest BCUT2D eigenvalue weighted by molar-refractivity contribution is -0.143. The number of anilines is 1. The topological polar surface area (TPSA) is 110 Å². The molecule has 2 N–H and O–H groups in total. The van der Waals surface area contributed by atoms with E-state index in [-0.39, 0.29) is 52.7 Å². The molecule has 4 aliphatic heterocycles. The molecule has 288 valence electrons. The Balaban J connectivity index is 0.981. The Kier molecular flexibility index (Phi) is 9.88. The maximum atomic E-state index is 14.3. The fourth-order valence-electron chi connectivity index (χ4n) is 9.61. The molecule has 0 aliphatic carbocycles. The van der Waals surface area contributed by atoms with Crippen LogP contribution in [-0.4, -0.2) is 117 Å². The zero-order chi connectivity index (χ0) is 37.9. The van der Waals surface area contributed by atoms with Gasteiger partial charge in [0.05, 0.1) is 44.9 Å². The largest absolute Gasteiger partial charge is 0.418 e. The third kappa shape index (κ3) is 6.85. The van der Waals surface area contributed by atoms with Gasteiger partial charge in [-0.1, -0.05) is 29.8 Å². The quantitative estimate of drug-likeness (QED) is 0.248. The van der Waals surface area contributed by atoms with Crippen LogP contribution >= 0.6 is 11.6 Å². The second-order valence-corrected chi connectivity index (χ2v) is 15.9. The molecular formula is C39H46ClF3N8O3. The first-order valence-corrected chi connectivity index (χ1v) is 19.3. The number of nitrogens with one attached hydrogen (secondary N) is 2. The molecule has 2 aromatic heterocycles. The molecule has 8 rings (SSSR count). The number of alkyl halides is 3. The van der Waals surface area contributed by atoms with E-state index in [9.17, 15) is 27.6 Å².